The minimum absolute atomic E-state index is 0.252. The van der Waals surface area contributed by atoms with Crippen LogP contribution in [0.25, 0.3) is 6.08 Å². The summed E-state index contributed by atoms with van der Waals surface area (Å²) < 4.78 is 15.4. The number of nitrogens with zero attached hydrogens (tertiary/aromatic N) is 1. The number of rotatable bonds is 7. The maximum Gasteiger partial charge on any atom is 0.349 e. The molecule has 0 heterocycles. The molecule has 2 aromatic rings. The molecule has 0 aliphatic rings. The highest BCUT2D eigenvalue weighted by Gasteiger charge is 2.21. The van der Waals surface area contributed by atoms with Crippen LogP contribution in [-0.4, -0.2) is 32.2 Å². The molecular weight excluding hydrogens is 396 g/mol. The molecule has 29 heavy (non-hydrogen) atoms. The van der Waals surface area contributed by atoms with E-state index in [4.69, 9.17) is 25.8 Å². The van der Waals surface area contributed by atoms with Crippen molar-refractivity contribution in [2.45, 2.75) is 13.0 Å². The maximum absolute atomic E-state index is 12.4. The molecule has 1 N–H and O–H groups in total. The van der Waals surface area contributed by atoms with Gasteiger partial charge in [0.15, 0.2) is 6.10 Å². The molecule has 2 aromatic carbocycles. The van der Waals surface area contributed by atoms with Gasteiger partial charge in [0.25, 0.3) is 5.91 Å². The number of anilines is 1. The van der Waals surface area contributed by atoms with Crippen molar-refractivity contribution in [3.63, 3.8) is 0 Å². The topological polar surface area (TPSA) is 97.6 Å². The van der Waals surface area contributed by atoms with Gasteiger partial charge in [-0.3, -0.25) is 4.79 Å². The number of benzene rings is 2. The van der Waals surface area contributed by atoms with Gasteiger partial charge in [0.1, 0.15) is 23.1 Å². The standard InChI is InChI=1S/C21H19ClN2O5/c1-13(20(25)24-18-11-16(22)7-8-19(18)28-3)29-21(26)15(12-23)9-14-5-4-6-17(10-14)27-2/h4-11,13H,1-3H3,(H,24,25)/b15-9+/t13-/m1/s1. The molecule has 0 aromatic heterocycles. The van der Waals surface area contributed by atoms with Gasteiger partial charge < -0.3 is 19.5 Å². The van der Waals surface area contributed by atoms with Crippen molar-refractivity contribution in [1.82, 2.24) is 0 Å². The highest BCUT2D eigenvalue weighted by Crippen LogP contribution is 2.28. The molecule has 0 aliphatic heterocycles. The average molecular weight is 415 g/mol. The minimum Gasteiger partial charge on any atom is -0.497 e. The van der Waals surface area contributed by atoms with Gasteiger partial charge in [-0.25, -0.2) is 4.79 Å². The maximum atomic E-state index is 12.4. The fraction of sp³-hybridized carbons (Fsp3) is 0.190. The molecule has 150 valence electrons. The summed E-state index contributed by atoms with van der Waals surface area (Å²) in [4.78, 5) is 24.7. The monoisotopic (exact) mass is 414 g/mol. The Labute approximate surface area is 173 Å². The largest absolute Gasteiger partial charge is 0.497 e. The quantitative estimate of drug-likeness (QED) is 0.420. The molecule has 0 bridgehead atoms. The Hall–Kier alpha value is -3.50. The van der Waals surface area contributed by atoms with Gasteiger partial charge in [-0.05, 0) is 48.9 Å². The molecule has 0 saturated heterocycles. The van der Waals surface area contributed by atoms with Crippen LogP contribution in [0.4, 0.5) is 5.69 Å². The molecule has 7 nitrogen and oxygen atoms in total. The summed E-state index contributed by atoms with van der Waals surface area (Å²) in [7, 11) is 2.96. The Balaban J connectivity index is 2.10. The van der Waals surface area contributed by atoms with Gasteiger partial charge in [-0.15, -0.1) is 0 Å². The Morgan fingerprint density at radius 2 is 1.93 bits per heavy atom. The molecule has 2 rings (SSSR count). The van der Waals surface area contributed by atoms with Crippen molar-refractivity contribution >= 4 is 35.2 Å². The molecule has 0 radical (unpaired) electrons. The number of hydrogen-bond donors (Lipinski definition) is 1. The third kappa shape index (κ3) is 5.99. The number of carbonyl (C=O) groups is 2. The van der Waals surface area contributed by atoms with Gasteiger partial charge in [0, 0.05) is 5.02 Å². The van der Waals surface area contributed by atoms with Crippen molar-refractivity contribution < 1.29 is 23.8 Å². The lowest BCUT2D eigenvalue weighted by molar-refractivity contribution is -0.148. The van der Waals surface area contributed by atoms with Crippen molar-refractivity contribution in [2.24, 2.45) is 0 Å². The van der Waals surface area contributed by atoms with E-state index < -0.39 is 18.0 Å². The van der Waals surface area contributed by atoms with Gasteiger partial charge >= 0.3 is 5.97 Å². The number of hydrogen-bond acceptors (Lipinski definition) is 6. The third-order valence-corrected chi connectivity index (χ3v) is 4.05. The Kier molecular flexibility index (Phi) is 7.63. The number of nitrogens with one attached hydrogen (secondary N) is 1. The van der Waals surface area contributed by atoms with Crippen molar-refractivity contribution in [3.05, 3.63) is 58.6 Å². The number of methoxy groups -OCH3 is 2. The smallest absolute Gasteiger partial charge is 0.349 e. The molecule has 1 amide bonds. The number of carbonyl (C=O) groups excluding carboxylic acids is 2. The van der Waals surface area contributed by atoms with E-state index >= 15 is 0 Å². The second-order valence-corrected chi connectivity index (χ2v) is 6.26. The van der Waals surface area contributed by atoms with E-state index in [1.165, 1.54) is 33.3 Å². The number of ether oxygens (including phenoxy) is 3. The molecule has 0 spiro atoms. The summed E-state index contributed by atoms with van der Waals surface area (Å²) >= 11 is 5.94. The molecular formula is C21H19ClN2O5. The van der Waals surface area contributed by atoms with Crippen LogP contribution < -0.4 is 14.8 Å². The summed E-state index contributed by atoms with van der Waals surface area (Å²) in [5.41, 5.74) is 0.664. The zero-order chi connectivity index (χ0) is 21.4. The van der Waals surface area contributed by atoms with E-state index in [-0.39, 0.29) is 5.57 Å². The van der Waals surface area contributed by atoms with Gasteiger partial charge in [0.2, 0.25) is 0 Å². The van der Waals surface area contributed by atoms with Crippen LogP contribution in [0.3, 0.4) is 0 Å². The summed E-state index contributed by atoms with van der Waals surface area (Å²) in [6, 6.07) is 13.3. The summed E-state index contributed by atoms with van der Waals surface area (Å²) in [5, 5.41) is 12.3. The van der Waals surface area contributed by atoms with Gasteiger partial charge in [0.05, 0.1) is 19.9 Å². The first-order valence-electron chi connectivity index (χ1n) is 8.49. The van der Waals surface area contributed by atoms with E-state index in [9.17, 15) is 14.9 Å². The SMILES string of the molecule is COc1cccc(/C=C(\C#N)C(=O)O[C@H](C)C(=O)Nc2cc(Cl)ccc2OC)c1. The van der Waals surface area contributed by atoms with E-state index in [0.717, 1.165) is 0 Å². The zero-order valence-electron chi connectivity index (χ0n) is 16.1. The van der Waals surface area contributed by atoms with E-state index in [1.54, 1.807) is 42.5 Å². The second kappa shape index (κ2) is 10.2. The van der Waals surface area contributed by atoms with Crippen LogP contribution >= 0.6 is 11.6 Å². The first kappa shape index (κ1) is 21.8. The van der Waals surface area contributed by atoms with E-state index in [0.29, 0.717) is 27.8 Å². The van der Waals surface area contributed by atoms with Crippen LogP contribution in [0.2, 0.25) is 5.02 Å². The second-order valence-electron chi connectivity index (χ2n) is 5.83. The number of esters is 1. The fourth-order valence-corrected chi connectivity index (χ4v) is 2.50. The molecule has 0 fully saturated rings. The molecule has 0 unspecified atom stereocenters. The van der Waals surface area contributed by atoms with Crippen LogP contribution in [-0.2, 0) is 14.3 Å². The number of halogens is 1. The van der Waals surface area contributed by atoms with Crippen molar-refractivity contribution in [3.8, 4) is 17.6 Å². The summed E-state index contributed by atoms with van der Waals surface area (Å²) in [6.45, 7) is 1.39. The Morgan fingerprint density at radius 1 is 1.17 bits per heavy atom. The van der Waals surface area contributed by atoms with Crippen LogP contribution in [0, 0.1) is 11.3 Å². The van der Waals surface area contributed by atoms with Crippen LogP contribution in [0.15, 0.2) is 48.0 Å². The average Bonchev–Trinajstić information content (AvgIpc) is 2.72. The Bertz CT molecular complexity index is 981. The lowest BCUT2D eigenvalue weighted by atomic mass is 10.1. The lowest BCUT2D eigenvalue weighted by Gasteiger charge is -2.15. The predicted octanol–water partition coefficient (Wildman–Crippen LogP) is 3.83. The lowest BCUT2D eigenvalue weighted by Crippen LogP contribution is -2.30. The fourth-order valence-electron chi connectivity index (χ4n) is 2.32. The Morgan fingerprint density at radius 3 is 2.59 bits per heavy atom. The normalized spacial score (nSPS) is 11.8. The first-order valence-corrected chi connectivity index (χ1v) is 8.87. The van der Waals surface area contributed by atoms with Crippen molar-refractivity contribution in [2.75, 3.05) is 19.5 Å². The van der Waals surface area contributed by atoms with E-state index in [2.05, 4.69) is 5.32 Å². The molecule has 8 heteroatoms. The number of nitriles is 1. The highest BCUT2D eigenvalue weighted by molar-refractivity contribution is 6.31. The predicted molar refractivity (Wildman–Crippen MR) is 109 cm³/mol. The van der Waals surface area contributed by atoms with Gasteiger partial charge in [-0.2, -0.15) is 5.26 Å². The molecule has 0 saturated carbocycles. The van der Waals surface area contributed by atoms with Crippen molar-refractivity contribution in [1.29, 1.82) is 5.26 Å². The highest BCUT2D eigenvalue weighted by atomic mass is 35.5. The molecule has 1 atom stereocenters. The van der Waals surface area contributed by atoms with Gasteiger partial charge in [-0.1, -0.05) is 23.7 Å². The number of amides is 1. The van der Waals surface area contributed by atoms with Crippen LogP contribution in [0.5, 0.6) is 11.5 Å². The first-order chi connectivity index (χ1) is 13.9. The summed E-state index contributed by atoms with van der Waals surface area (Å²) in [5.74, 6) is -0.543. The zero-order valence-corrected chi connectivity index (χ0v) is 16.8. The third-order valence-electron chi connectivity index (χ3n) is 3.82. The van der Waals surface area contributed by atoms with Crippen LogP contribution in [0.1, 0.15) is 12.5 Å². The summed E-state index contributed by atoms with van der Waals surface area (Å²) in [6.07, 6.45) is 0.198. The van der Waals surface area contributed by atoms with E-state index in [1.807, 2.05) is 0 Å². The minimum atomic E-state index is -1.16. The molecule has 0 aliphatic carbocycles.